The van der Waals surface area contributed by atoms with Gasteiger partial charge in [0, 0.05) is 18.0 Å². The predicted molar refractivity (Wildman–Crippen MR) is 83.0 cm³/mol. The minimum Gasteiger partial charge on any atom is -0.382 e. The van der Waals surface area contributed by atoms with E-state index < -0.39 is 9.84 Å². The Morgan fingerprint density at radius 3 is 2.70 bits per heavy atom. The molecule has 0 saturated heterocycles. The van der Waals surface area contributed by atoms with Gasteiger partial charge in [0.25, 0.3) is 0 Å². The van der Waals surface area contributed by atoms with Gasteiger partial charge in [-0.3, -0.25) is 0 Å². The van der Waals surface area contributed by atoms with Gasteiger partial charge >= 0.3 is 0 Å². The smallest absolute Gasteiger partial charge is 0.150 e. The zero-order chi connectivity index (χ0) is 14.2. The van der Waals surface area contributed by atoms with E-state index in [1.807, 2.05) is 0 Å². The Bertz CT molecular complexity index is 594. The zero-order valence-corrected chi connectivity index (χ0v) is 12.9. The normalized spacial score (nSPS) is 26.2. The van der Waals surface area contributed by atoms with Gasteiger partial charge in [0.1, 0.15) is 9.84 Å². The molecule has 0 aromatic heterocycles. The van der Waals surface area contributed by atoms with Crippen molar-refractivity contribution in [2.24, 2.45) is 0 Å². The van der Waals surface area contributed by atoms with Crippen molar-refractivity contribution in [2.75, 3.05) is 11.6 Å². The minimum absolute atomic E-state index is 0.164. The van der Waals surface area contributed by atoms with E-state index in [4.69, 9.17) is 0 Å². The Morgan fingerprint density at radius 2 is 1.90 bits per heavy atom. The third-order valence-corrected chi connectivity index (χ3v) is 6.34. The van der Waals surface area contributed by atoms with Crippen LogP contribution in [0.15, 0.2) is 18.2 Å². The Morgan fingerprint density at radius 1 is 1.10 bits per heavy atom. The lowest BCUT2D eigenvalue weighted by molar-refractivity contribution is 0.453. The second-order valence-corrected chi connectivity index (χ2v) is 8.62. The summed E-state index contributed by atoms with van der Waals surface area (Å²) in [5.74, 6) is 0. The molecule has 2 aliphatic rings. The van der Waals surface area contributed by atoms with Crippen molar-refractivity contribution < 1.29 is 8.42 Å². The van der Waals surface area contributed by atoms with Gasteiger partial charge in [0.15, 0.2) is 0 Å². The fourth-order valence-corrected chi connectivity index (χ4v) is 4.74. The molecule has 4 heteroatoms. The quantitative estimate of drug-likeness (QED) is 0.932. The van der Waals surface area contributed by atoms with Crippen molar-refractivity contribution >= 4 is 15.5 Å². The monoisotopic (exact) mass is 293 g/mol. The summed E-state index contributed by atoms with van der Waals surface area (Å²) in [5, 5.41) is 3.38. The number of sulfone groups is 1. The number of rotatable bonds is 3. The van der Waals surface area contributed by atoms with Crippen molar-refractivity contribution in [3.63, 3.8) is 0 Å². The maximum absolute atomic E-state index is 11.7. The molecule has 2 atom stereocenters. The van der Waals surface area contributed by atoms with Crippen LogP contribution in [0.5, 0.6) is 0 Å². The van der Waals surface area contributed by atoms with Gasteiger partial charge in [-0.15, -0.1) is 0 Å². The van der Waals surface area contributed by atoms with Crippen molar-refractivity contribution in [3.05, 3.63) is 29.3 Å². The summed E-state index contributed by atoms with van der Waals surface area (Å²) >= 11 is 0. The molecule has 1 saturated carbocycles. The fourth-order valence-electron chi connectivity index (χ4n) is 3.56. The van der Waals surface area contributed by atoms with E-state index in [-0.39, 0.29) is 5.25 Å². The van der Waals surface area contributed by atoms with Crippen LogP contribution in [0.3, 0.4) is 0 Å². The largest absolute Gasteiger partial charge is 0.382 e. The third kappa shape index (κ3) is 3.00. The van der Waals surface area contributed by atoms with Crippen LogP contribution in [0, 0.1) is 0 Å². The fraction of sp³-hybridized carbons (Fsp3) is 0.625. The summed E-state index contributed by atoms with van der Waals surface area (Å²) in [4.78, 5) is 0. The van der Waals surface area contributed by atoms with Gasteiger partial charge in [0.2, 0.25) is 0 Å². The summed E-state index contributed by atoms with van der Waals surface area (Å²) in [6, 6.07) is 6.92. The molecule has 1 fully saturated rings. The second-order valence-electron chi connectivity index (χ2n) is 6.30. The Hall–Kier alpha value is -1.03. The van der Waals surface area contributed by atoms with E-state index in [9.17, 15) is 8.42 Å². The first-order valence-corrected chi connectivity index (χ1v) is 9.55. The van der Waals surface area contributed by atoms with Gasteiger partial charge in [-0.1, -0.05) is 12.5 Å². The zero-order valence-electron chi connectivity index (χ0n) is 12.1. The lowest BCUT2D eigenvalue weighted by atomic mass is 9.94. The van der Waals surface area contributed by atoms with E-state index in [2.05, 4.69) is 23.5 Å². The molecule has 0 amide bonds. The van der Waals surface area contributed by atoms with Crippen molar-refractivity contribution in [1.29, 1.82) is 0 Å². The van der Waals surface area contributed by atoms with Crippen molar-refractivity contribution in [2.45, 2.75) is 56.2 Å². The van der Waals surface area contributed by atoms with Gasteiger partial charge in [-0.05, 0) is 61.8 Å². The molecule has 2 aliphatic carbocycles. The standard InChI is InChI=1S/C16H23NO2S/c1-20(18,19)16-7-3-6-14(11-16)17-15-9-8-12-4-2-5-13(12)10-15/h8-10,14,16-17H,2-7,11H2,1H3. The molecule has 0 radical (unpaired) electrons. The lowest BCUT2D eigenvalue weighted by Crippen LogP contribution is -2.34. The molecule has 1 aromatic rings. The van der Waals surface area contributed by atoms with Crippen LogP contribution in [-0.4, -0.2) is 26.0 Å². The topological polar surface area (TPSA) is 46.2 Å². The van der Waals surface area contributed by atoms with Gasteiger partial charge in [-0.2, -0.15) is 0 Å². The number of hydrogen-bond donors (Lipinski definition) is 1. The van der Waals surface area contributed by atoms with Crippen molar-refractivity contribution in [1.82, 2.24) is 0 Å². The number of aryl methyl sites for hydroxylation is 2. The van der Waals surface area contributed by atoms with Crippen LogP contribution in [0.25, 0.3) is 0 Å². The van der Waals surface area contributed by atoms with Crippen LogP contribution >= 0.6 is 0 Å². The SMILES string of the molecule is CS(=O)(=O)C1CCCC(Nc2ccc3c(c2)CCC3)C1. The molecule has 110 valence electrons. The molecule has 2 unspecified atom stereocenters. The van der Waals surface area contributed by atoms with Crippen LogP contribution < -0.4 is 5.32 Å². The highest BCUT2D eigenvalue weighted by atomic mass is 32.2. The molecule has 0 bridgehead atoms. The molecule has 0 aliphatic heterocycles. The molecule has 0 heterocycles. The Kier molecular flexibility index (Phi) is 3.76. The average molecular weight is 293 g/mol. The Labute approximate surface area is 121 Å². The van der Waals surface area contributed by atoms with Gasteiger partial charge < -0.3 is 5.32 Å². The summed E-state index contributed by atoms with van der Waals surface area (Å²) in [6.07, 6.45) is 8.66. The van der Waals surface area contributed by atoms with Gasteiger partial charge in [0.05, 0.1) is 5.25 Å². The van der Waals surface area contributed by atoms with Crippen LogP contribution in [-0.2, 0) is 22.7 Å². The molecule has 0 spiro atoms. The van der Waals surface area contributed by atoms with Crippen LogP contribution in [0.4, 0.5) is 5.69 Å². The number of benzene rings is 1. The average Bonchev–Trinajstić information content (AvgIpc) is 2.85. The van der Waals surface area contributed by atoms with Crippen LogP contribution in [0.1, 0.15) is 43.2 Å². The second kappa shape index (κ2) is 5.40. The maximum atomic E-state index is 11.7. The molecular formula is C16H23NO2S. The van der Waals surface area contributed by atoms with Crippen LogP contribution in [0.2, 0.25) is 0 Å². The molecule has 3 nitrogen and oxygen atoms in total. The number of hydrogen-bond acceptors (Lipinski definition) is 3. The highest BCUT2D eigenvalue weighted by molar-refractivity contribution is 7.91. The van der Waals surface area contributed by atoms with E-state index in [1.165, 1.54) is 36.6 Å². The number of nitrogens with one attached hydrogen (secondary N) is 1. The maximum Gasteiger partial charge on any atom is 0.150 e. The highest BCUT2D eigenvalue weighted by Gasteiger charge is 2.28. The Balaban J connectivity index is 1.68. The van der Waals surface area contributed by atoms with E-state index >= 15 is 0 Å². The van der Waals surface area contributed by atoms with Crippen molar-refractivity contribution in [3.8, 4) is 0 Å². The van der Waals surface area contributed by atoms with Gasteiger partial charge in [-0.25, -0.2) is 8.42 Å². The minimum atomic E-state index is -2.90. The number of anilines is 1. The summed E-state index contributed by atoms with van der Waals surface area (Å²) in [5.41, 5.74) is 4.10. The van der Waals surface area contributed by atoms with E-state index in [0.29, 0.717) is 6.04 Å². The summed E-state index contributed by atoms with van der Waals surface area (Å²) in [6.45, 7) is 0. The summed E-state index contributed by atoms with van der Waals surface area (Å²) < 4.78 is 23.4. The molecule has 3 rings (SSSR count). The summed E-state index contributed by atoms with van der Waals surface area (Å²) in [7, 11) is -2.90. The predicted octanol–water partition coefficient (Wildman–Crippen LogP) is 2.94. The molecule has 1 aromatic carbocycles. The first-order chi connectivity index (χ1) is 9.52. The lowest BCUT2D eigenvalue weighted by Gasteiger charge is -2.29. The first-order valence-electron chi connectivity index (χ1n) is 7.59. The van der Waals surface area contributed by atoms with E-state index in [1.54, 1.807) is 0 Å². The third-order valence-electron chi connectivity index (χ3n) is 4.70. The first kappa shape index (κ1) is 13.9. The highest BCUT2D eigenvalue weighted by Crippen LogP contribution is 2.29. The van der Waals surface area contributed by atoms with E-state index in [0.717, 1.165) is 31.4 Å². The molecular weight excluding hydrogens is 270 g/mol. The molecule has 1 N–H and O–H groups in total. The number of fused-ring (bicyclic) bond motifs is 1. The molecule has 20 heavy (non-hydrogen) atoms.